The van der Waals surface area contributed by atoms with Crippen molar-refractivity contribution in [3.05, 3.63) is 29.8 Å². The molecule has 0 amide bonds. The highest BCUT2D eigenvalue weighted by Gasteiger charge is 2.27. The fourth-order valence-corrected chi connectivity index (χ4v) is 2.90. The number of sulfonamides is 1. The molecular formula is C11H11F3N2O2S2. The smallest absolute Gasteiger partial charge is 0.210 e. The molecule has 0 unspecified atom stereocenters. The minimum absolute atomic E-state index is 0.0452. The Bertz CT molecular complexity index is 577. The van der Waals surface area contributed by atoms with E-state index in [-0.39, 0.29) is 29.6 Å². The molecule has 1 rings (SSSR count). The van der Waals surface area contributed by atoms with E-state index in [4.69, 9.17) is 5.26 Å². The summed E-state index contributed by atoms with van der Waals surface area (Å²) in [6, 6.07) is 7.52. The highest BCUT2D eigenvalue weighted by atomic mass is 32.2. The second-order valence-electron chi connectivity index (χ2n) is 3.67. The molecule has 0 bridgehead atoms. The van der Waals surface area contributed by atoms with Crippen molar-refractivity contribution in [2.24, 2.45) is 0 Å². The Labute approximate surface area is 119 Å². The first-order valence-corrected chi connectivity index (χ1v) is 7.88. The van der Waals surface area contributed by atoms with Crippen LogP contribution in [0.1, 0.15) is 5.56 Å². The molecule has 0 radical (unpaired) electrons. The van der Waals surface area contributed by atoms with Crippen molar-refractivity contribution in [2.75, 3.05) is 12.3 Å². The number of hydrogen-bond donors (Lipinski definition) is 1. The normalized spacial score (nSPS) is 12.1. The van der Waals surface area contributed by atoms with Gasteiger partial charge in [-0.3, -0.25) is 0 Å². The first-order valence-electron chi connectivity index (χ1n) is 5.41. The SMILES string of the molecule is N#CCc1ccc(S(=O)(=O)NCCSC(F)(F)F)cc1. The van der Waals surface area contributed by atoms with E-state index >= 15 is 0 Å². The summed E-state index contributed by atoms with van der Waals surface area (Å²) in [6.07, 6.45) is 0.163. The Hall–Kier alpha value is -1.24. The van der Waals surface area contributed by atoms with E-state index in [1.807, 2.05) is 6.07 Å². The fraction of sp³-hybridized carbons (Fsp3) is 0.364. The summed E-state index contributed by atoms with van der Waals surface area (Å²) >= 11 is -0.284. The Balaban J connectivity index is 2.58. The summed E-state index contributed by atoms with van der Waals surface area (Å²) in [5.74, 6) is -0.394. The summed E-state index contributed by atoms with van der Waals surface area (Å²) in [7, 11) is -3.82. The first kappa shape index (κ1) is 16.8. The van der Waals surface area contributed by atoms with E-state index in [0.29, 0.717) is 5.56 Å². The molecule has 0 atom stereocenters. The van der Waals surface area contributed by atoms with Gasteiger partial charge in [-0.05, 0) is 29.5 Å². The molecule has 4 nitrogen and oxygen atoms in total. The van der Waals surface area contributed by atoms with Crippen molar-refractivity contribution >= 4 is 21.8 Å². The zero-order chi connectivity index (χ0) is 15.2. The molecule has 0 aliphatic rings. The number of nitrogens with one attached hydrogen (secondary N) is 1. The lowest BCUT2D eigenvalue weighted by molar-refractivity contribution is -0.0327. The van der Waals surface area contributed by atoms with Gasteiger partial charge >= 0.3 is 5.51 Å². The maximum atomic E-state index is 11.9. The lowest BCUT2D eigenvalue weighted by Gasteiger charge is -2.08. The summed E-state index contributed by atoms with van der Waals surface area (Å²) < 4.78 is 61.2. The van der Waals surface area contributed by atoms with Gasteiger partial charge in [0.2, 0.25) is 10.0 Å². The summed E-state index contributed by atoms with van der Waals surface area (Å²) in [5.41, 5.74) is -3.70. The molecule has 0 aliphatic carbocycles. The monoisotopic (exact) mass is 324 g/mol. The molecule has 0 saturated carbocycles. The van der Waals surface area contributed by atoms with E-state index in [2.05, 4.69) is 4.72 Å². The Kier molecular flexibility index (Phi) is 5.86. The van der Waals surface area contributed by atoms with Crippen LogP contribution in [0.5, 0.6) is 0 Å². The second-order valence-corrected chi connectivity index (χ2v) is 6.60. The first-order chi connectivity index (χ1) is 9.24. The van der Waals surface area contributed by atoms with Crippen molar-refractivity contribution in [3.63, 3.8) is 0 Å². The summed E-state index contributed by atoms with van der Waals surface area (Å²) in [4.78, 5) is -0.0452. The zero-order valence-corrected chi connectivity index (χ0v) is 11.8. The quantitative estimate of drug-likeness (QED) is 0.815. The number of benzene rings is 1. The van der Waals surface area contributed by atoms with Crippen molar-refractivity contribution in [3.8, 4) is 6.07 Å². The molecule has 1 aromatic carbocycles. The van der Waals surface area contributed by atoms with E-state index in [9.17, 15) is 21.6 Å². The third-order valence-electron chi connectivity index (χ3n) is 2.18. The van der Waals surface area contributed by atoms with Crippen LogP contribution in [0.15, 0.2) is 29.2 Å². The number of nitriles is 1. The lowest BCUT2D eigenvalue weighted by Crippen LogP contribution is -2.26. The Morgan fingerprint density at radius 3 is 2.35 bits per heavy atom. The highest BCUT2D eigenvalue weighted by molar-refractivity contribution is 8.00. The van der Waals surface area contributed by atoms with Crippen LogP contribution in [0.3, 0.4) is 0 Å². The van der Waals surface area contributed by atoms with Crippen molar-refractivity contribution in [1.29, 1.82) is 5.26 Å². The predicted molar refractivity (Wildman–Crippen MR) is 69.5 cm³/mol. The Morgan fingerprint density at radius 1 is 1.25 bits per heavy atom. The molecule has 20 heavy (non-hydrogen) atoms. The van der Waals surface area contributed by atoms with Gasteiger partial charge in [-0.25, -0.2) is 13.1 Å². The number of halogens is 3. The van der Waals surface area contributed by atoms with Crippen molar-refractivity contribution in [1.82, 2.24) is 4.72 Å². The Morgan fingerprint density at radius 2 is 1.85 bits per heavy atom. The number of hydrogen-bond acceptors (Lipinski definition) is 4. The second kappa shape index (κ2) is 6.97. The van der Waals surface area contributed by atoms with Gasteiger partial charge < -0.3 is 0 Å². The lowest BCUT2D eigenvalue weighted by atomic mass is 10.2. The number of alkyl halides is 3. The number of nitrogens with zero attached hydrogens (tertiary/aromatic N) is 1. The van der Waals surface area contributed by atoms with Gasteiger partial charge in [-0.1, -0.05) is 12.1 Å². The van der Waals surface area contributed by atoms with Crippen molar-refractivity contribution < 1.29 is 21.6 Å². The highest BCUT2D eigenvalue weighted by Crippen LogP contribution is 2.29. The van der Waals surface area contributed by atoms with Gasteiger partial charge in [0.05, 0.1) is 17.4 Å². The van der Waals surface area contributed by atoms with E-state index < -0.39 is 21.3 Å². The maximum absolute atomic E-state index is 11.9. The maximum Gasteiger partial charge on any atom is 0.441 e. The average Bonchev–Trinajstić information content (AvgIpc) is 2.35. The molecular weight excluding hydrogens is 313 g/mol. The summed E-state index contributed by atoms with van der Waals surface area (Å²) in [5, 5.41) is 8.48. The van der Waals surface area contributed by atoms with Crippen LogP contribution >= 0.6 is 11.8 Å². The molecule has 110 valence electrons. The topological polar surface area (TPSA) is 70.0 Å². The van der Waals surface area contributed by atoms with Gasteiger partial charge in [0.25, 0.3) is 0 Å². The largest absolute Gasteiger partial charge is 0.441 e. The number of thioether (sulfide) groups is 1. The number of rotatable bonds is 6. The standard InChI is InChI=1S/C11H11F3N2O2S2/c12-11(13,14)19-8-7-16-20(17,18)10-3-1-9(2-4-10)5-6-15/h1-4,16H,5,7-8H2. The van der Waals surface area contributed by atoms with Crippen LogP contribution in [0.25, 0.3) is 0 Å². The molecule has 0 spiro atoms. The van der Waals surface area contributed by atoms with Crippen molar-refractivity contribution in [2.45, 2.75) is 16.8 Å². The molecule has 1 N–H and O–H groups in total. The third kappa shape index (κ3) is 5.81. The zero-order valence-electron chi connectivity index (χ0n) is 10.1. The van der Waals surface area contributed by atoms with Crippen LogP contribution < -0.4 is 4.72 Å². The molecule has 0 aliphatic heterocycles. The minimum atomic E-state index is -4.37. The van der Waals surface area contributed by atoms with Crippen LogP contribution in [0, 0.1) is 11.3 Å². The molecule has 0 aromatic heterocycles. The fourth-order valence-electron chi connectivity index (χ4n) is 1.30. The minimum Gasteiger partial charge on any atom is -0.210 e. The van der Waals surface area contributed by atoms with Gasteiger partial charge in [0.15, 0.2) is 0 Å². The average molecular weight is 324 g/mol. The molecule has 0 fully saturated rings. The van der Waals surface area contributed by atoms with E-state index in [0.717, 1.165) is 0 Å². The van der Waals surface area contributed by atoms with E-state index in [1.165, 1.54) is 24.3 Å². The van der Waals surface area contributed by atoms with Gasteiger partial charge in [0.1, 0.15) is 0 Å². The van der Waals surface area contributed by atoms with Gasteiger partial charge in [-0.2, -0.15) is 18.4 Å². The van der Waals surface area contributed by atoms with Crippen LogP contribution in [0.2, 0.25) is 0 Å². The van der Waals surface area contributed by atoms with Gasteiger partial charge in [-0.15, -0.1) is 0 Å². The molecule has 9 heteroatoms. The van der Waals surface area contributed by atoms with Crippen LogP contribution in [0.4, 0.5) is 13.2 Å². The molecule has 1 aromatic rings. The molecule has 0 saturated heterocycles. The van der Waals surface area contributed by atoms with Crippen LogP contribution in [-0.2, 0) is 16.4 Å². The third-order valence-corrected chi connectivity index (χ3v) is 4.39. The van der Waals surface area contributed by atoms with Crippen LogP contribution in [-0.4, -0.2) is 26.2 Å². The van der Waals surface area contributed by atoms with E-state index in [1.54, 1.807) is 0 Å². The molecule has 0 heterocycles. The van der Waals surface area contributed by atoms with Gasteiger partial charge in [0, 0.05) is 12.3 Å². The predicted octanol–water partition coefficient (Wildman–Crippen LogP) is 2.28. The summed E-state index contributed by atoms with van der Waals surface area (Å²) in [6.45, 7) is -0.313.